The monoisotopic (exact) mass is 444 g/mol. The Morgan fingerprint density at radius 3 is 2.84 bits per heavy atom. The zero-order valence-corrected chi connectivity index (χ0v) is 19.0. The van der Waals surface area contributed by atoms with E-state index in [-0.39, 0.29) is 17.9 Å². The van der Waals surface area contributed by atoms with Crippen molar-refractivity contribution in [2.24, 2.45) is 5.92 Å². The highest BCUT2D eigenvalue weighted by molar-refractivity contribution is 6.32. The maximum Gasteiger partial charge on any atom is 0.224 e. The van der Waals surface area contributed by atoms with Crippen LogP contribution in [0, 0.1) is 5.92 Å². The van der Waals surface area contributed by atoms with Gasteiger partial charge in [-0.2, -0.15) is 0 Å². The first-order valence-corrected chi connectivity index (χ1v) is 11.0. The van der Waals surface area contributed by atoms with Crippen molar-refractivity contribution >= 4 is 17.5 Å². The number of methoxy groups -OCH3 is 2. The van der Waals surface area contributed by atoms with E-state index in [2.05, 4.69) is 23.3 Å². The molecule has 0 bridgehead atoms. The maximum absolute atomic E-state index is 12.6. The Morgan fingerprint density at radius 1 is 1.26 bits per heavy atom. The highest BCUT2D eigenvalue weighted by Gasteiger charge is 2.29. The van der Waals surface area contributed by atoms with E-state index < -0.39 is 0 Å². The quantitative estimate of drug-likeness (QED) is 0.734. The van der Waals surface area contributed by atoms with Crippen LogP contribution >= 0.6 is 11.6 Å². The Hall–Kier alpha value is -2.44. The van der Waals surface area contributed by atoms with Crippen molar-refractivity contribution in [3.63, 3.8) is 0 Å². The second-order valence-corrected chi connectivity index (χ2v) is 8.71. The molecule has 2 aliphatic rings. The summed E-state index contributed by atoms with van der Waals surface area (Å²) in [5.74, 6) is 2.36. The van der Waals surface area contributed by atoms with Crippen LogP contribution < -0.4 is 19.5 Å². The number of halogens is 1. The van der Waals surface area contributed by atoms with Gasteiger partial charge in [0.05, 0.1) is 31.7 Å². The largest absolute Gasteiger partial charge is 0.497 e. The Bertz CT molecular complexity index is 965. The first kappa shape index (κ1) is 21.8. The molecular formula is C24H29ClN2O4. The molecule has 7 heteroatoms. The number of ether oxygens (including phenoxy) is 3. The third-order valence-corrected chi connectivity index (χ3v) is 6.35. The SMILES string of the molecule is COc1ccc(OC)c(-c2cc(Cl)c3c(c2)C[C@H](CNC(=O)[C@@H]2CCCN(C)C2)O3)c1. The summed E-state index contributed by atoms with van der Waals surface area (Å²) in [4.78, 5) is 14.8. The van der Waals surface area contributed by atoms with Crippen molar-refractivity contribution in [1.29, 1.82) is 0 Å². The van der Waals surface area contributed by atoms with E-state index in [0.29, 0.717) is 23.7 Å². The van der Waals surface area contributed by atoms with Crippen LogP contribution in [0.1, 0.15) is 18.4 Å². The molecule has 2 aromatic carbocycles. The van der Waals surface area contributed by atoms with Crippen LogP contribution in [-0.2, 0) is 11.2 Å². The minimum absolute atomic E-state index is 0.0539. The second-order valence-electron chi connectivity index (χ2n) is 8.30. The van der Waals surface area contributed by atoms with Crippen LogP contribution in [0.15, 0.2) is 30.3 Å². The lowest BCUT2D eigenvalue weighted by Gasteiger charge is -2.29. The average molecular weight is 445 g/mol. The van der Waals surface area contributed by atoms with Crippen molar-refractivity contribution in [1.82, 2.24) is 10.2 Å². The topological polar surface area (TPSA) is 60.0 Å². The van der Waals surface area contributed by atoms with Crippen molar-refractivity contribution in [3.05, 3.63) is 40.9 Å². The van der Waals surface area contributed by atoms with Gasteiger partial charge in [-0.1, -0.05) is 11.6 Å². The summed E-state index contributed by atoms with van der Waals surface area (Å²) in [6, 6.07) is 9.65. The van der Waals surface area contributed by atoms with Crippen molar-refractivity contribution in [3.8, 4) is 28.4 Å². The molecule has 2 atom stereocenters. The molecule has 1 amide bonds. The van der Waals surface area contributed by atoms with Gasteiger partial charge in [-0.15, -0.1) is 0 Å². The molecule has 31 heavy (non-hydrogen) atoms. The lowest BCUT2D eigenvalue weighted by atomic mass is 9.97. The minimum Gasteiger partial charge on any atom is -0.497 e. The molecule has 2 aliphatic heterocycles. The molecule has 0 unspecified atom stereocenters. The van der Waals surface area contributed by atoms with Crippen LogP contribution in [0.3, 0.4) is 0 Å². The normalized spacial score (nSPS) is 20.6. The predicted octanol–water partition coefficient (Wildman–Crippen LogP) is 3.79. The number of amides is 1. The number of carbonyl (C=O) groups is 1. The zero-order chi connectivity index (χ0) is 22.0. The average Bonchev–Trinajstić information content (AvgIpc) is 3.20. The van der Waals surface area contributed by atoms with E-state index in [0.717, 1.165) is 54.1 Å². The number of nitrogens with zero attached hydrogens (tertiary/aromatic N) is 1. The molecule has 0 spiro atoms. The Balaban J connectivity index is 1.46. The first-order valence-electron chi connectivity index (χ1n) is 10.7. The van der Waals surface area contributed by atoms with Gasteiger partial charge in [0.25, 0.3) is 0 Å². The number of carbonyl (C=O) groups excluding carboxylic acids is 1. The van der Waals surface area contributed by atoms with Gasteiger partial charge in [-0.25, -0.2) is 0 Å². The molecule has 0 aromatic heterocycles. The number of hydrogen-bond acceptors (Lipinski definition) is 5. The molecule has 0 aliphatic carbocycles. The molecule has 1 N–H and O–H groups in total. The first-order chi connectivity index (χ1) is 15.0. The fourth-order valence-electron chi connectivity index (χ4n) is 4.44. The Labute approximate surface area is 188 Å². The van der Waals surface area contributed by atoms with Crippen LogP contribution in [-0.4, -0.2) is 57.8 Å². The summed E-state index contributed by atoms with van der Waals surface area (Å²) in [5, 5.41) is 3.63. The lowest BCUT2D eigenvalue weighted by molar-refractivity contribution is -0.126. The number of hydrogen-bond donors (Lipinski definition) is 1. The van der Waals surface area contributed by atoms with Gasteiger partial charge < -0.3 is 24.4 Å². The van der Waals surface area contributed by atoms with Crippen LogP contribution in [0.4, 0.5) is 0 Å². The third kappa shape index (κ3) is 4.75. The third-order valence-electron chi connectivity index (χ3n) is 6.07. The number of fused-ring (bicyclic) bond motifs is 1. The van der Waals surface area contributed by atoms with E-state index >= 15 is 0 Å². The highest BCUT2D eigenvalue weighted by Crippen LogP contribution is 2.42. The smallest absolute Gasteiger partial charge is 0.224 e. The van der Waals surface area contributed by atoms with Gasteiger partial charge in [0.2, 0.25) is 5.91 Å². The molecule has 2 heterocycles. The van der Waals surface area contributed by atoms with E-state index in [9.17, 15) is 4.79 Å². The van der Waals surface area contributed by atoms with E-state index in [1.807, 2.05) is 24.3 Å². The number of rotatable bonds is 6. The zero-order valence-electron chi connectivity index (χ0n) is 18.2. The van der Waals surface area contributed by atoms with Gasteiger partial charge in [0.15, 0.2) is 0 Å². The summed E-state index contributed by atoms with van der Waals surface area (Å²) in [5.41, 5.74) is 2.88. The molecule has 6 nitrogen and oxygen atoms in total. The van der Waals surface area contributed by atoms with E-state index in [4.69, 9.17) is 25.8 Å². The Morgan fingerprint density at radius 2 is 2.10 bits per heavy atom. The molecule has 166 valence electrons. The van der Waals surface area contributed by atoms with Crippen molar-refractivity contribution in [2.45, 2.75) is 25.4 Å². The van der Waals surface area contributed by atoms with Crippen molar-refractivity contribution < 1.29 is 19.0 Å². The maximum atomic E-state index is 12.6. The lowest BCUT2D eigenvalue weighted by Crippen LogP contribution is -2.44. The molecule has 0 saturated carbocycles. The predicted molar refractivity (Wildman–Crippen MR) is 121 cm³/mol. The van der Waals surface area contributed by atoms with Gasteiger partial charge in [-0.3, -0.25) is 4.79 Å². The van der Waals surface area contributed by atoms with E-state index in [1.54, 1.807) is 14.2 Å². The molecule has 2 aromatic rings. The summed E-state index contributed by atoms with van der Waals surface area (Å²) < 4.78 is 17.0. The molecule has 1 saturated heterocycles. The highest BCUT2D eigenvalue weighted by atomic mass is 35.5. The number of benzene rings is 2. The summed E-state index contributed by atoms with van der Waals surface area (Å²) in [7, 11) is 5.35. The standard InChI is InChI=1S/C24H29ClN2O4/c1-27-8-4-5-15(14-27)24(28)26-13-19-10-17-9-16(11-21(25)23(17)31-19)20-12-18(29-2)6-7-22(20)30-3/h6-7,9,11-12,15,19H,4-5,8,10,13-14H2,1-3H3,(H,26,28)/t15-,19-/m1/s1. The number of likely N-dealkylation sites (tertiary alicyclic amines) is 1. The van der Waals surface area contributed by atoms with Gasteiger partial charge >= 0.3 is 0 Å². The van der Waals surface area contributed by atoms with E-state index in [1.165, 1.54) is 0 Å². The summed E-state index contributed by atoms with van der Waals surface area (Å²) >= 11 is 6.57. The fraction of sp³-hybridized carbons (Fsp3) is 0.458. The van der Waals surface area contributed by atoms with Crippen LogP contribution in [0.2, 0.25) is 5.02 Å². The molecule has 4 rings (SSSR count). The minimum atomic E-state index is -0.125. The van der Waals surface area contributed by atoms with Crippen molar-refractivity contribution in [2.75, 3.05) is 40.9 Å². The Kier molecular flexibility index (Phi) is 6.58. The number of nitrogens with one attached hydrogen (secondary N) is 1. The fourth-order valence-corrected chi connectivity index (χ4v) is 4.72. The summed E-state index contributed by atoms with van der Waals surface area (Å²) in [6.07, 6.45) is 2.58. The van der Waals surface area contributed by atoms with Crippen LogP contribution in [0.5, 0.6) is 17.2 Å². The van der Waals surface area contributed by atoms with Gasteiger partial charge in [0.1, 0.15) is 23.4 Å². The second kappa shape index (κ2) is 9.37. The molecule has 1 fully saturated rings. The summed E-state index contributed by atoms with van der Waals surface area (Å²) in [6.45, 7) is 2.35. The van der Waals surface area contributed by atoms with Gasteiger partial charge in [0, 0.05) is 24.1 Å². The van der Waals surface area contributed by atoms with Gasteiger partial charge in [-0.05, 0) is 62.3 Å². The van der Waals surface area contributed by atoms with Crippen LogP contribution in [0.25, 0.3) is 11.1 Å². The molecular weight excluding hydrogens is 416 g/mol. The number of piperidine rings is 1. The molecule has 0 radical (unpaired) electrons.